The van der Waals surface area contributed by atoms with Crippen molar-refractivity contribution < 1.29 is 9.59 Å². The molecule has 0 saturated heterocycles. The van der Waals surface area contributed by atoms with Gasteiger partial charge in [-0.1, -0.05) is 25.5 Å². The van der Waals surface area contributed by atoms with Crippen molar-refractivity contribution in [2.45, 2.75) is 47.5 Å². The lowest BCUT2D eigenvalue weighted by molar-refractivity contribution is -0.138. The average Bonchev–Trinajstić information content (AvgIpc) is 2.42. The number of anilines is 1. The van der Waals surface area contributed by atoms with Crippen LogP contribution in [0.15, 0.2) is 18.2 Å². The number of aryl methyl sites for hydroxylation is 2. The summed E-state index contributed by atoms with van der Waals surface area (Å²) in [6.45, 7) is 9.87. The third kappa shape index (κ3) is 4.59. The van der Waals surface area contributed by atoms with Crippen molar-refractivity contribution >= 4 is 17.5 Å². The smallest absolute Gasteiger partial charge is 0.239 e. The van der Waals surface area contributed by atoms with Crippen molar-refractivity contribution in [1.82, 2.24) is 5.32 Å². The second kappa shape index (κ2) is 7.25. The number of carbonyl (C=O) groups excluding carboxylic acids is 2. The Morgan fingerprint density at radius 1 is 1.14 bits per heavy atom. The molecule has 2 amide bonds. The van der Waals surface area contributed by atoms with Gasteiger partial charge in [-0.3, -0.25) is 9.59 Å². The molecular weight excluding hydrogens is 264 g/mol. The van der Waals surface area contributed by atoms with Crippen LogP contribution >= 0.6 is 0 Å². The van der Waals surface area contributed by atoms with E-state index in [1.54, 1.807) is 13.8 Å². The number of nitrogens with one attached hydrogen (secondary N) is 2. The monoisotopic (exact) mass is 290 g/mol. The van der Waals surface area contributed by atoms with Gasteiger partial charge in [0.2, 0.25) is 11.8 Å². The highest BCUT2D eigenvalue weighted by Gasteiger charge is 2.35. The molecule has 0 aliphatic heterocycles. The molecule has 0 spiro atoms. The number of hydrogen-bond acceptors (Lipinski definition) is 2. The number of amides is 2. The van der Waals surface area contributed by atoms with Gasteiger partial charge in [-0.15, -0.1) is 0 Å². The maximum Gasteiger partial charge on any atom is 0.239 e. The van der Waals surface area contributed by atoms with E-state index in [0.717, 1.165) is 29.7 Å². The lowest BCUT2D eigenvalue weighted by Gasteiger charge is -2.23. The molecule has 1 aromatic carbocycles. The van der Waals surface area contributed by atoms with Gasteiger partial charge in [0.15, 0.2) is 0 Å². The summed E-state index contributed by atoms with van der Waals surface area (Å²) in [6, 6.07) is 5.87. The van der Waals surface area contributed by atoms with Gasteiger partial charge >= 0.3 is 0 Å². The zero-order valence-electron chi connectivity index (χ0n) is 13.7. The summed E-state index contributed by atoms with van der Waals surface area (Å²) in [7, 11) is 0. The minimum Gasteiger partial charge on any atom is -0.355 e. The van der Waals surface area contributed by atoms with Gasteiger partial charge in [0, 0.05) is 12.2 Å². The van der Waals surface area contributed by atoms with Crippen LogP contribution in [0.2, 0.25) is 0 Å². The van der Waals surface area contributed by atoms with Crippen molar-refractivity contribution in [3.8, 4) is 0 Å². The number of hydrogen-bond donors (Lipinski definition) is 2. The summed E-state index contributed by atoms with van der Waals surface area (Å²) in [6.07, 6.45) is 1.93. The van der Waals surface area contributed by atoms with Crippen LogP contribution in [0.1, 0.15) is 44.7 Å². The van der Waals surface area contributed by atoms with Crippen LogP contribution in [0.25, 0.3) is 0 Å². The molecule has 4 heteroatoms. The van der Waals surface area contributed by atoms with E-state index in [9.17, 15) is 9.59 Å². The molecular formula is C17H26N2O2. The van der Waals surface area contributed by atoms with Gasteiger partial charge in [-0.2, -0.15) is 0 Å². The normalized spacial score (nSPS) is 11.1. The number of carbonyl (C=O) groups is 2. The molecule has 1 aromatic rings. The molecule has 2 N–H and O–H groups in total. The number of unbranched alkanes of at least 4 members (excludes halogenated alkanes) is 1. The van der Waals surface area contributed by atoms with Gasteiger partial charge in [-0.25, -0.2) is 0 Å². The topological polar surface area (TPSA) is 58.2 Å². The molecule has 0 heterocycles. The summed E-state index contributed by atoms with van der Waals surface area (Å²) in [5.74, 6) is -0.524. The highest BCUT2D eigenvalue weighted by atomic mass is 16.2. The quantitative estimate of drug-likeness (QED) is 0.624. The largest absolute Gasteiger partial charge is 0.355 e. The molecule has 0 bridgehead atoms. The Labute approximate surface area is 127 Å². The second-order valence-electron chi connectivity index (χ2n) is 6.01. The minimum absolute atomic E-state index is 0.237. The first-order valence-corrected chi connectivity index (χ1v) is 7.46. The fourth-order valence-corrected chi connectivity index (χ4v) is 1.85. The van der Waals surface area contributed by atoms with Crippen LogP contribution in [0.3, 0.4) is 0 Å². The molecule has 4 nitrogen and oxygen atoms in total. The Kier molecular flexibility index (Phi) is 5.94. The fourth-order valence-electron chi connectivity index (χ4n) is 1.85. The van der Waals surface area contributed by atoms with Gasteiger partial charge in [0.1, 0.15) is 5.41 Å². The SMILES string of the molecule is CCCCNC(=O)C(C)(C)C(=O)Nc1cc(C)ccc1C. The van der Waals surface area contributed by atoms with Gasteiger partial charge < -0.3 is 10.6 Å². The molecule has 0 unspecified atom stereocenters. The standard InChI is InChI=1S/C17H26N2O2/c1-6-7-10-18-15(20)17(4,5)16(21)19-14-11-12(2)8-9-13(14)3/h8-9,11H,6-7,10H2,1-5H3,(H,18,20)(H,19,21). The lowest BCUT2D eigenvalue weighted by Crippen LogP contribution is -2.45. The Balaban J connectivity index is 2.76. The maximum absolute atomic E-state index is 12.4. The first-order valence-electron chi connectivity index (χ1n) is 7.46. The lowest BCUT2D eigenvalue weighted by atomic mass is 9.90. The Morgan fingerprint density at radius 2 is 1.81 bits per heavy atom. The van der Waals surface area contributed by atoms with E-state index >= 15 is 0 Å². The zero-order chi connectivity index (χ0) is 16.0. The van der Waals surface area contributed by atoms with Crippen molar-refractivity contribution in [3.63, 3.8) is 0 Å². The van der Waals surface area contributed by atoms with E-state index in [0.29, 0.717) is 6.54 Å². The molecule has 116 valence electrons. The zero-order valence-corrected chi connectivity index (χ0v) is 13.7. The number of rotatable bonds is 6. The van der Waals surface area contributed by atoms with Gasteiger partial charge in [0.05, 0.1) is 0 Å². The van der Waals surface area contributed by atoms with E-state index in [-0.39, 0.29) is 11.8 Å². The van der Waals surface area contributed by atoms with Crippen LogP contribution in [0.4, 0.5) is 5.69 Å². The van der Waals surface area contributed by atoms with E-state index in [4.69, 9.17) is 0 Å². The summed E-state index contributed by atoms with van der Waals surface area (Å²) >= 11 is 0. The Bertz CT molecular complexity index is 522. The number of benzene rings is 1. The molecule has 0 aliphatic carbocycles. The fraction of sp³-hybridized carbons (Fsp3) is 0.529. The van der Waals surface area contributed by atoms with Crippen molar-refractivity contribution in [1.29, 1.82) is 0 Å². The van der Waals surface area contributed by atoms with Crippen LogP contribution in [-0.2, 0) is 9.59 Å². The first-order chi connectivity index (χ1) is 9.78. The molecule has 0 saturated carbocycles. The molecule has 0 aliphatic rings. The molecule has 0 aromatic heterocycles. The predicted molar refractivity (Wildman–Crippen MR) is 86.2 cm³/mol. The van der Waals surface area contributed by atoms with E-state index < -0.39 is 5.41 Å². The molecule has 21 heavy (non-hydrogen) atoms. The summed E-state index contributed by atoms with van der Waals surface area (Å²) < 4.78 is 0. The van der Waals surface area contributed by atoms with Gasteiger partial charge in [0.25, 0.3) is 0 Å². The highest BCUT2D eigenvalue weighted by Crippen LogP contribution is 2.22. The summed E-state index contributed by atoms with van der Waals surface area (Å²) in [4.78, 5) is 24.6. The molecule has 0 fully saturated rings. The third-order valence-corrected chi connectivity index (χ3v) is 3.59. The highest BCUT2D eigenvalue weighted by molar-refractivity contribution is 6.10. The van der Waals surface area contributed by atoms with E-state index in [1.807, 2.05) is 32.0 Å². The van der Waals surface area contributed by atoms with Crippen LogP contribution in [-0.4, -0.2) is 18.4 Å². The van der Waals surface area contributed by atoms with E-state index in [2.05, 4.69) is 17.6 Å². The van der Waals surface area contributed by atoms with Crippen molar-refractivity contribution in [3.05, 3.63) is 29.3 Å². The molecule has 1 rings (SSSR count). The third-order valence-electron chi connectivity index (χ3n) is 3.59. The summed E-state index contributed by atoms with van der Waals surface area (Å²) in [5, 5.41) is 5.68. The maximum atomic E-state index is 12.4. The van der Waals surface area contributed by atoms with Crippen molar-refractivity contribution in [2.24, 2.45) is 5.41 Å². The predicted octanol–water partition coefficient (Wildman–Crippen LogP) is 3.18. The Morgan fingerprint density at radius 3 is 2.43 bits per heavy atom. The van der Waals surface area contributed by atoms with Crippen LogP contribution < -0.4 is 10.6 Å². The first kappa shape index (κ1) is 17.2. The summed E-state index contributed by atoms with van der Waals surface area (Å²) in [5.41, 5.74) is 1.72. The van der Waals surface area contributed by atoms with Gasteiger partial charge in [-0.05, 0) is 51.3 Å². The van der Waals surface area contributed by atoms with Crippen LogP contribution in [0, 0.1) is 19.3 Å². The second-order valence-corrected chi connectivity index (χ2v) is 6.01. The van der Waals surface area contributed by atoms with Crippen LogP contribution in [0.5, 0.6) is 0 Å². The van der Waals surface area contributed by atoms with Crippen molar-refractivity contribution in [2.75, 3.05) is 11.9 Å². The Hall–Kier alpha value is -1.84. The molecule has 0 atom stereocenters. The minimum atomic E-state index is -1.09. The average molecular weight is 290 g/mol. The molecule has 0 radical (unpaired) electrons. The van der Waals surface area contributed by atoms with E-state index in [1.165, 1.54) is 0 Å².